The van der Waals surface area contributed by atoms with E-state index in [2.05, 4.69) is 27.0 Å². The van der Waals surface area contributed by atoms with E-state index in [-0.39, 0.29) is 5.56 Å². The van der Waals surface area contributed by atoms with E-state index in [0.29, 0.717) is 42.1 Å². The van der Waals surface area contributed by atoms with Crippen molar-refractivity contribution >= 4 is 5.69 Å². The molecule has 1 atom stereocenters. The summed E-state index contributed by atoms with van der Waals surface area (Å²) in [5.74, 6) is 1.28. The SMILES string of the molecule is CN1CCCC1CCOc1cnc(-c2cccc(Cn3nc(-c4cccc(N)c4)ccc3=O)c2)nc1. The van der Waals surface area contributed by atoms with Crippen LogP contribution >= 0.6 is 0 Å². The predicted molar refractivity (Wildman–Crippen MR) is 141 cm³/mol. The Kier molecular flexibility index (Phi) is 7.04. The third kappa shape index (κ3) is 5.60. The first kappa shape index (κ1) is 23.7. The molecule has 1 saturated heterocycles. The summed E-state index contributed by atoms with van der Waals surface area (Å²) in [6.45, 7) is 2.16. The van der Waals surface area contributed by atoms with Crippen LogP contribution in [0.1, 0.15) is 24.8 Å². The van der Waals surface area contributed by atoms with Crippen molar-refractivity contribution in [2.45, 2.75) is 31.8 Å². The Balaban J connectivity index is 1.26. The molecule has 2 N–H and O–H groups in total. The minimum Gasteiger partial charge on any atom is -0.490 e. The van der Waals surface area contributed by atoms with E-state index in [0.717, 1.165) is 23.1 Å². The highest BCUT2D eigenvalue weighted by Gasteiger charge is 2.20. The van der Waals surface area contributed by atoms with Gasteiger partial charge in [-0.1, -0.05) is 30.3 Å². The van der Waals surface area contributed by atoms with Crippen LogP contribution in [0.2, 0.25) is 0 Å². The van der Waals surface area contributed by atoms with Gasteiger partial charge in [0.2, 0.25) is 0 Å². The molecule has 1 aliphatic rings. The van der Waals surface area contributed by atoms with Crippen LogP contribution in [0.4, 0.5) is 5.69 Å². The van der Waals surface area contributed by atoms with Crippen molar-refractivity contribution in [2.75, 3.05) is 25.9 Å². The Bertz CT molecular complexity index is 1390. The van der Waals surface area contributed by atoms with E-state index in [4.69, 9.17) is 10.5 Å². The molecule has 36 heavy (non-hydrogen) atoms. The van der Waals surface area contributed by atoms with Crippen molar-refractivity contribution in [2.24, 2.45) is 0 Å². The van der Waals surface area contributed by atoms with E-state index in [1.54, 1.807) is 18.5 Å². The molecule has 0 amide bonds. The van der Waals surface area contributed by atoms with Crippen molar-refractivity contribution in [1.29, 1.82) is 0 Å². The topological polar surface area (TPSA) is 99.2 Å². The summed E-state index contributed by atoms with van der Waals surface area (Å²) in [7, 11) is 2.17. The zero-order valence-corrected chi connectivity index (χ0v) is 20.4. The van der Waals surface area contributed by atoms with Gasteiger partial charge in [-0.3, -0.25) is 4.79 Å². The third-order valence-corrected chi connectivity index (χ3v) is 6.59. The molecule has 0 spiro atoms. The number of anilines is 1. The fraction of sp³-hybridized carbons (Fsp3) is 0.286. The van der Waals surface area contributed by atoms with Gasteiger partial charge in [0, 0.05) is 28.9 Å². The quantitative estimate of drug-likeness (QED) is 0.381. The molecular formula is C28H30N6O2. The van der Waals surface area contributed by atoms with Crippen LogP contribution in [0, 0.1) is 0 Å². The standard InChI is InChI=1S/C28H30N6O2/c1-33-13-4-9-24(33)12-14-36-25-17-30-28(31-18-25)22-7-2-5-20(15-22)19-34-27(35)11-10-26(32-34)21-6-3-8-23(29)16-21/h2-3,5-8,10-11,15-18,24H,4,9,12-14,19,29H2,1H3. The van der Waals surface area contributed by atoms with E-state index in [1.807, 2.05) is 48.5 Å². The van der Waals surface area contributed by atoms with Crippen LogP contribution in [0.15, 0.2) is 77.9 Å². The van der Waals surface area contributed by atoms with Crippen molar-refractivity contribution in [1.82, 2.24) is 24.6 Å². The summed E-state index contributed by atoms with van der Waals surface area (Å²) < 4.78 is 7.33. The maximum atomic E-state index is 12.5. The van der Waals surface area contributed by atoms with Gasteiger partial charge in [-0.2, -0.15) is 5.10 Å². The van der Waals surface area contributed by atoms with Crippen LogP contribution in [0.25, 0.3) is 22.6 Å². The number of hydrogen-bond acceptors (Lipinski definition) is 7. The van der Waals surface area contributed by atoms with Crippen LogP contribution in [-0.4, -0.2) is 50.9 Å². The van der Waals surface area contributed by atoms with E-state index in [1.165, 1.54) is 30.1 Å². The Hall–Kier alpha value is -4.04. The number of likely N-dealkylation sites (tertiary alicyclic amines) is 1. The molecule has 0 radical (unpaired) electrons. The van der Waals surface area contributed by atoms with Gasteiger partial charge in [-0.25, -0.2) is 14.6 Å². The average Bonchev–Trinajstić information content (AvgIpc) is 3.30. The Morgan fingerprint density at radius 2 is 1.83 bits per heavy atom. The van der Waals surface area contributed by atoms with Gasteiger partial charge in [0.25, 0.3) is 5.56 Å². The van der Waals surface area contributed by atoms with Gasteiger partial charge in [0.1, 0.15) is 0 Å². The third-order valence-electron chi connectivity index (χ3n) is 6.59. The highest BCUT2D eigenvalue weighted by molar-refractivity contribution is 5.63. The molecule has 2 aromatic carbocycles. The zero-order chi connectivity index (χ0) is 24.9. The summed E-state index contributed by atoms with van der Waals surface area (Å²) in [5.41, 5.74) is 9.73. The Morgan fingerprint density at radius 3 is 2.61 bits per heavy atom. The summed E-state index contributed by atoms with van der Waals surface area (Å²) >= 11 is 0. The fourth-order valence-electron chi connectivity index (χ4n) is 4.59. The van der Waals surface area contributed by atoms with E-state index in [9.17, 15) is 4.79 Å². The fourth-order valence-corrected chi connectivity index (χ4v) is 4.59. The molecule has 1 aliphatic heterocycles. The first-order valence-electron chi connectivity index (χ1n) is 12.2. The van der Waals surface area contributed by atoms with Gasteiger partial charge in [-0.15, -0.1) is 0 Å². The van der Waals surface area contributed by atoms with Gasteiger partial charge < -0.3 is 15.4 Å². The molecule has 0 aliphatic carbocycles. The van der Waals surface area contributed by atoms with Crippen LogP contribution in [0.5, 0.6) is 5.75 Å². The lowest BCUT2D eigenvalue weighted by Gasteiger charge is -2.19. The van der Waals surface area contributed by atoms with Crippen LogP contribution < -0.4 is 16.0 Å². The molecule has 1 unspecified atom stereocenters. The molecule has 184 valence electrons. The molecule has 0 bridgehead atoms. The Labute approximate surface area is 210 Å². The summed E-state index contributed by atoms with van der Waals surface area (Å²) in [5, 5.41) is 4.55. The highest BCUT2D eigenvalue weighted by Crippen LogP contribution is 2.21. The molecule has 8 nitrogen and oxygen atoms in total. The second-order valence-electron chi connectivity index (χ2n) is 9.20. The molecule has 1 fully saturated rings. The molecule has 4 aromatic rings. The predicted octanol–water partition coefficient (Wildman–Crippen LogP) is 3.86. The molecule has 2 aromatic heterocycles. The number of rotatable bonds is 8. The number of nitrogens with zero attached hydrogens (tertiary/aromatic N) is 5. The molecule has 8 heteroatoms. The number of benzene rings is 2. The maximum absolute atomic E-state index is 12.5. The molecule has 3 heterocycles. The normalized spacial score (nSPS) is 15.8. The zero-order valence-electron chi connectivity index (χ0n) is 20.4. The lowest BCUT2D eigenvalue weighted by atomic mass is 10.1. The van der Waals surface area contributed by atoms with Gasteiger partial charge in [0.15, 0.2) is 11.6 Å². The summed E-state index contributed by atoms with van der Waals surface area (Å²) in [6.07, 6.45) is 6.93. The average molecular weight is 483 g/mol. The van der Waals surface area contributed by atoms with Gasteiger partial charge >= 0.3 is 0 Å². The monoisotopic (exact) mass is 482 g/mol. The number of nitrogen functional groups attached to an aromatic ring is 1. The second kappa shape index (κ2) is 10.7. The lowest BCUT2D eigenvalue weighted by Crippen LogP contribution is -2.26. The van der Waals surface area contributed by atoms with Crippen molar-refractivity contribution in [3.05, 3.63) is 89.0 Å². The Morgan fingerprint density at radius 1 is 1.03 bits per heavy atom. The number of ether oxygens (including phenoxy) is 1. The van der Waals surface area contributed by atoms with Crippen molar-refractivity contribution in [3.63, 3.8) is 0 Å². The number of nitrogens with two attached hydrogens (primary N) is 1. The van der Waals surface area contributed by atoms with Gasteiger partial charge in [-0.05, 0) is 62.7 Å². The van der Waals surface area contributed by atoms with Crippen molar-refractivity contribution in [3.8, 4) is 28.4 Å². The summed E-state index contributed by atoms with van der Waals surface area (Å²) in [6, 6.07) is 19.1. The van der Waals surface area contributed by atoms with Crippen LogP contribution in [0.3, 0.4) is 0 Å². The second-order valence-corrected chi connectivity index (χ2v) is 9.20. The smallest absolute Gasteiger partial charge is 0.267 e. The molecule has 5 rings (SSSR count). The first-order chi connectivity index (χ1) is 17.5. The number of aromatic nitrogens is 4. The van der Waals surface area contributed by atoms with E-state index < -0.39 is 0 Å². The van der Waals surface area contributed by atoms with Crippen LogP contribution in [-0.2, 0) is 6.54 Å². The van der Waals surface area contributed by atoms with Gasteiger partial charge in [0.05, 0.1) is 31.2 Å². The first-order valence-corrected chi connectivity index (χ1v) is 12.2. The number of hydrogen-bond donors (Lipinski definition) is 1. The maximum Gasteiger partial charge on any atom is 0.267 e. The molecular weight excluding hydrogens is 452 g/mol. The minimum atomic E-state index is -0.172. The summed E-state index contributed by atoms with van der Waals surface area (Å²) in [4.78, 5) is 23.9. The largest absolute Gasteiger partial charge is 0.490 e. The minimum absolute atomic E-state index is 0.172. The highest BCUT2D eigenvalue weighted by atomic mass is 16.5. The lowest BCUT2D eigenvalue weighted by molar-refractivity contribution is 0.232. The van der Waals surface area contributed by atoms with E-state index >= 15 is 0 Å². The van der Waals surface area contributed by atoms with Crippen molar-refractivity contribution < 1.29 is 4.74 Å². The molecule has 0 saturated carbocycles.